The molecule has 2 aromatic rings. The molecule has 1 fully saturated rings. The maximum Gasteiger partial charge on any atom is 0.237 e. The molecule has 2 aliphatic rings. The van der Waals surface area contributed by atoms with Gasteiger partial charge < -0.3 is 4.90 Å². The summed E-state index contributed by atoms with van der Waals surface area (Å²) >= 11 is 1.82. The lowest BCUT2D eigenvalue weighted by Crippen LogP contribution is -2.44. The van der Waals surface area contributed by atoms with Crippen molar-refractivity contribution in [1.29, 1.82) is 0 Å². The number of fused-ring (bicyclic) bond motifs is 1. The number of carbonyl (C=O) groups excluding carboxylic acids is 1. The number of aromatic nitrogens is 2. The van der Waals surface area contributed by atoms with Crippen molar-refractivity contribution in [2.75, 3.05) is 19.6 Å². The Labute approximate surface area is 140 Å². The molecule has 0 radical (unpaired) electrons. The van der Waals surface area contributed by atoms with Gasteiger partial charge in [0.25, 0.3) is 0 Å². The van der Waals surface area contributed by atoms with E-state index in [2.05, 4.69) is 21.4 Å². The van der Waals surface area contributed by atoms with Gasteiger partial charge in [0.15, 0.2) is 0 Å². The highest BCUT2D eigenvalue weighted by molar-refractivity contribution is 7.10. The predicted octanol–water partition coefficient (Wildman–Crippen LogP) is 1.99. The number of likely N-dealkylation sites (tertiary alicyclic amines) is 1. The van der Waals surface area contributed by atoms with Gasteiger partial charge >= 0.3 is 0 Å². The molecule has 6 heteroatoms. The van der Waals surface area contributed by atoms with Crippen LogP contribution in [0.4, 0.5) is 0 Å². The van der Waals surface area contributed by atoms with Crippen LogP contribution in [0.2, 0.25) is 0 Å². The van der Waals surface area contributed by atoms with Crippen LogP contribution in [0, 0.1) is 0 Å². The molecule has 0 spiro atoms. The van der Waals surface area contributed by atoms with Gasteiger partial charge in [-0.2, -0.15) is 5.10 Å². The van der Waals surface area contributed by atoms with Gasteiger partial charge in [-0.25, -0.2) is 0 Å². The normalized spacial score (nSPS) is 21.6. The first-order valence-electron chi connectivity index (χ1n) is 8.34. The zero-order valence-corrected chi connectivity index (χ0v) is 14.0. The Hall–Kier alpha value is -1.66. The van der Waals surface area contributed by atoms with E-state index >= 15 is 0 Å². The molecular weight excluding hydrogens is 308 g/mol. The number of rotatable bonds is 4. The molecule has 4 rings (SSSR count). The molecule has 23 heavy (non-hydrogen) atoms. The summed E-state index contributed by atoms with van der Waals surface area (Å²) in [6.45, 7) is 4.11. The Morgan fingerprint density at radius 1 is 1.39 bits per heavy atom. The number of hydrogen-bond acceptors (Lipinski definition) is 4. The van der Waals surface area contributed by atoms with E-state index in [1.54, 1.807) is 0 Å². The van der Waals surface area contributed by atoms with Crippen molar-refractivity contribution in [3.63, 3.8) is 0 Å². The summed E-state index contributed by atoms with van der Waals surface area (Å²) in [7, 11) is 0. The fourth-order valence-corrected chi connectivity index (χ4v) is 4.56. The van der Waals surface area contributed by atoms with E-state index in [0.717, 1.165) is 39.0 Å². The summed E-state index contributed by atoms with van der Waals surface area (Å²) in [5.41, 5.74) is 1.34. The third-order valence-corrected chi connectivity index (χ3v) is 5.98. The van der Waals surface area contributed by atoms with Crippen LogP contribution in [0.15, 0.2) is 29.9 Å². The average Bonchev–Trinajstić information content (AvgIpc) is 3.29. The van der Waals surface area contributed by atoms with E-state index < -0.39 is 0 Å². The van der Waals surface area contributed by atoms with Gasteiger partial charge in [-0.15, -0.1) is 11.3 Å². The van der Waals surface area contributed by atoms with Crippen molar-refractivity contribution in [2.24, 2.45) is 0 Å². The van der Waals surface area contributed by atoms with Gasteiger partial charge in [0.1, 0.15) is 0 Å². The molecule has 1 atom stereocenters. The highest BCUT2D eigenvalue weighted by atomic mass is 32.1. The molecule has 0 aliphatic carbocycles. The van der Waals surface area contributed by atoms with Crippen molar-refractivity contribution in [2.45, 2.75) is 38.4 Å². The SMILES string of the molecule is O=C(CN1CCC[C@H]1Cn1cccn1)N1CCc2sccc2C1. The molecule has 0 N–H and O–H groups in total. The molecule has 0 unspecified atom stereocenters. The fraction of sp³-hybridized carbons (Fsp3) is 0.529. The van der Waals surface area contributed by atoms with Crippen molar-refractivity contribution < 1.29 is 4.79 Å². The second-order valence-corrected chi connectivity index (χ2v) is 7.43. The number of hydrogen-bond donors (Lipinski definition) is 0. The van der Waals surface area contributed by atoms with E-state index in [4.69, 9.17) is 0 Å². The van der Waals surface area contributed by atoms with Crippen molar-refractivity contribution in [3.8, 4) is 0 Å². The summed E-state index contributed by atoms with van der Waals surface area (Å²) in [6.07, 6.45) is 7.16. The topological polar surface area (TPSA) is 41.4 Å². The van der Waals surface area contributed by atoms with Gasteiger partial charge in [0, 0.05) is 36.4 Å². The largest absolute Gasteiger partial charge is 0.337 e. The van der Waals surface area contributed by atoms with Crippen LogP contribution in [-0.2, 0) is 24.3 Å². The number of thiophene rings is 1. The van der Waals surface area contributed by atoms with Crippen LogP contribution in [-0.4, -0.2) is 51.2 Å². The molecular formula is C17H22N4OS. The average molecular weight is 330 g/mol. The van der Waals surface area contributed by atoms with E-state index in [-0.39, 0.29) is 5.91 Å². The lowest BCUT2D eigenvalue weighted by Gasteiger charge is -2.30. The molecule has 1 amide bonds. The van der Waals surface area contributed by atoms with Crippen LogP contribution in [0.5, 0.6) is 0 Å². The standard InChI is InChI=1S/C17H22N4OS/c22-17(20-9-4-16-14(11-20)5-10-23-16)13-19-7-1-3-15(19)12-21-8-2-6-18-21/h2,5-6,8,10,15H,1,3-4,7,9,11-13H2/t15-/m0/s1. The van der Waals surface area contributed by atoms with Crippen molar-refractivity contribution in [3.05, 3.63) is 40.3 Å². The third kappa shape index (κ3) is 3.19. The van der Waals surface area contributed by atoms with Crippen LogP contribution in [0.1, 0.15) is 23.3 Å². The minimum Gasteiger partial charge on any atom is -0.337 e. The minimum atomic E-state index is 0.272. The zero-order chi connectivity index (χ0) is 15.6. The van der Waals surface area contributed by atoms with Crippen LogP contribution < -0.4 is 0 Å². The van der Waals surface area contributed by atoms with E-state index in [0.29, 0.717) is 12.6 Å². The highest BCUT2D eigenvalue weighted by Crippen LogP contribution is 2.25. The van der Waals surface area contributed by atoms with Gasteiger partial charge in [-0.1, -0.05) is 0 Å². The lowest BCUT2D eigenvalue weighted by molar-refractivity contribution is -0.133. The summed E-state index contributed by atoms with van der Waals surface area (Å²) in [4.78, 5) is 18.5. The summed E-state index contributed by atoms with van der Waals surface area (Å²) in [5.74, 6) is 0.272. The van der Waals surface area contributed by atoms with Crippen LogP contribution in [0.25, 0.3) is 0 Å². The highest BCUT2D eigenvalue weighted by Gasteiger charge is 2.29. The molecule has 2 aromatic heterocycles. The Balaban J connectivity index is 1.36. The van der Waals surface area contributed by atoms with Crippen molar-refractivity contribution in [1.82, 2.24) is 19.6 Å². The maximum absolute atomic E-state index is 12.7. The van der Waals surface area contributed by atoms with E-state index in [1.165, 1.54) is 16.9 Å². The smallest absolute Gasteiger partial charge is 0.237 e. The summed E-state index contributed by atoms with van der Waals surface area (Å²) in [6, 6.07) is 4.55. The molecule has 5 nitrogen and oxygen atoms in total. The van der Waals surface area contributed by atoms with Crippen LogP contribution >= 0.6 is 11.3 Å². The Kier molecular flexibility index (Phi) is 4.18. The summed E-state index contributed by atoms with van der Waals surface area (Å²) in [5, 5.41) is 6.44. The molecule has 0 saturated carbocycles. The first-order chi connectivity index (χ1) is 11.3. The molecule has 122 valence electrons. The van der Waals surface area contributed by atoms with Gasteiger partial charge in [0.05, 0.1) is 13.1 Å². The monoisotopic (exact) mass is 330 g/mol. The zero-order valence-electron chi connectivity index (χ0n) is 13.2. The van der Waals surface area contributed by atoms with E-state index in [1.807, 2.05) is 39.4 Å². The Morgan fingerprint density at radius 3 is 3.22 bits per heavy atom. The molecule has 1 saturated heterocycles. The second-order valence-electron chi connectivity index (χ2n) is 6.43. The van der Waals surface area contributed by atoms with Crippen LogP contribution in [0.3, 0.4) is 0 Å². The lowest BCUT2D eigenvalue weighted by atomic mass is 10.1. The van der Waals surface area contributed by atoms with Gasteiger partial charge in [-0.3, -0.25) is 14.4 Å². The number of nitrogens with zero attached hydrogens (tertiary/aromatic N) is 4. The molecule has 2 aliphatic heterocycles. The Morgan fingerprint density at radius 2 is 2.35 bits per heavy atom. The quantitative estimate of drug-likeness (QED) is 0.861. The minimum absolute atomic E-state index is 0.272. The maximum atomic E-state index is 12.7. The van der Waals surface area contributed by atoms with Gasteiger partial charge in [-0.05, 0) is 48.9 Å². The predicted molar refractivity (Wildman–Crippen MR) is 90.3 cm³/mol. The van der Waals surface area contributed by atoms with E-state index in [9.17, 15) is 4.79 Å². The molecule has 0 bridgehead atoms. The molecule has 0 aromatic carbocycles. The molecule has 4 heterocycles. The first-order valence-corrected chi connectivity index (χ1v) is 9.22. The second kappa shape index (κ2) is 6.45. The Bertz CT molecular complexity index is 666. The third-order valence-electron chi connectivity index (χ3n) is 4.95. The number of amides is 1. The first kappa shape index (κ1) is 14.9. The summed E-state index contributed by atoms with van der Waals surface area (Å²) < 4.78 is 1.98. The van der Waals surface area contributed by atoms with Crippen molar-refractivity contribution >= 4 is 17.2 Å². The fourth-order valence-electron chi connectivity index (χ4n) is 3.67. The van der Waals surface area contributed by atoms with Gasteiger partial charge in [0.2, 0.25) is 5.91 Å². The number of carbonyl (C=O) groups is 1.